The van der Waals surface area contributed by atoms with Gasteiger partial charge in [0.2, 0.25) is 15.9 Å². The van der Waals surface area contributed by atoms with Gasteiger partial charge in [0.1, 0.15) is 5.75 Å². The van der Waals surface area contributed by atoms with E-state index in [1.165, 1.54) is 19.1 Å². The Hall–Kier alpha value is -2.38. The minimum atomic E-state index is -3.63. The average Bonchev–Trinajstić information content (AvgIpc) is 2.53. The number of rotatable bonds is 6. The molecule has 2 aromatic rings. The quantitative estimate of drug-likeness (QED) is 0.847. The fraction of sp³-hybridized carbons (Fsp3) is 0.188. The lowest BCUT2D eigenvalue weighted by Crippen LogP contribution is -2.23. The number of anilines is 1. The zero-order chi connectivity index (χ0) is 16.9. The van der Waals surface area contributed by atoms with Crippen molar-refractivity contribution in [2.24, 2.45) is 0 Å². The Morgan fingerprint density at radius 1 is 1.13 bits per heavy atom. The molecule has 0 heterocycles. The molecule has 0 aliphatic rings. The van der Waals surface area contributed by atoms with E-state index in [4.69, 9.17) is 4.74 Å². The summed E-state index contributed by atoms with van der Waals surface area (Å²) >= 11 is 0. The second-order valence-electron chi connectivity index (χ2n) is 4.88. The molecule has 0 spiro atoms. The molecule has 0 aliphatic carbocycles. The monoisotopic (exact) mass is 334 g/mol. The molecule has 0 aliphatic heterocycles. The van der Waals surface area contributed by atoms with E-state index >= 15 is 0 Å². The van der Waals surface area contributed by atoms with Crippen LogP contribution in [-0.4, -0.2) is 21.4 Å². The largest absolute Gasteiger partial charge is 0.497 e. The van der Waals surface area contributed by atoms with Crippen molar-refractivity contribution < 1.29 is 17.9 Å². The van der Waals surface area contributed by atoms with E-state index in [0.29, 0.717) is 11.4 Å². The van der Waals surface area contributed by atoms with Gasteiger partial charge in [-0.15, -0.1) is 0 Å². The van der Waals surface area contributed by atoms with E-state index < -0.39 is 10.0 Å². The van der Waals surface area contributed by atoms with Gasteiger partial charge < -0.3 is 10.1 Å². The van der Waals surface area contributed by atoms with Crippen LogP contribution in [0.3, 0.4) is 0 Å². The van der Waals surface area contributed by atoms with E-state index in [1.54, 1.807) is 37.4 Å². The van der Waals surface area contributed by atoms with Gasteiger partial charge in [-0.1, -0.05) is 12.1 Å². The van der Waals surface area contributed by atoms with Crippen molar-refractivity contribution in [1.29, 1.82) is 0 Å². The van der Waals surface area contributed by atoms with Gasteiger partial charge >= 0.3 is 0 Å². The first-order chi connectivity index (χ1) is 10.9. The van der Waals surface area contributed by atoms with Gasteiger partial charge in [0.25, 0.3) is 0 Å². The summed E-state index contributed by atoms with van der Waals surface area (Å²) in [5.41, 5.74) is 1.34. The minimum absolute atomic E-state index is 0.134. The number of hydrogen-bond donors (Lipinski definition) is 2. The molecule has 1 amide bonds. The van der Waals surface area contributed by atoms with Crippen LogP contribution >= 0.6 is 0 Å². The third-order valence-corrected chi connectivity index (χ3v) is 4.50. The molecule has 122 valence electrons. The number of benzene rings is 2. The lowest BCUT2D eigenvalue weighted by atomic mass is 10.2. The third kappa shape index (κ3) is 4.80. The van der Waals surface area contributed by atoms with Gasteiger partial charge in [0.05, 0.1) is 12.0 Å². The fourth-order valence-electron chi connectivity index (χ4n) is 1.96. The van der Waals surface area contributed by atoms with Gasteiger partial charge in [-0.25, -0.2) is 13.1 Å². The molecular weight excluding hydrogens is 316 g/mol. The first-order valence-electron chi connectivity index (χ1n) is 6.91. The number of carbonyl (C=O) groups excluding carboxylic acids is 1. The number of ether oxygens (including phenoxy) is 1. The summed E-state index contributed by atoms with van der Waals surface area (Å²) in [4.78, 5) is 11.1. The van der Waals surface area contributed by atoms with Gasteiger partial charge in [-0.2, -0.15) is 0 Å². The predicted octanol–water partition coefficient (Wildman–Crippen LogP) is 2.13. The van der Waals surface area contributed by atoms with Crippen molar-refractivity contribution in [2.75, 3.05) is 12.4 Å². The lowest BCUT2D eigenvalue weighted by Gasteiger charge is -2.09. The zero-order valence-corrected chi connectivity index (χ0v) is 13.7. The molecular formula is C16H18N2O4S. The lowest BCUT2D eigenvalue weighted by molar-refractivity contribution is -0.114. The molecule has 2 aromatic carbocycles. The zero-order valence-electron chi connectivity index (χ0n) is 12.9. The van der Waals surface area contributed by atoms with E-state index in [0.717, 1.165) is 5.56 Å². The molecule has 23 heavy (non-hydrogen) atoms. The van der Waals surface area contributed by atoms with Crippen LogP contribution in [0.2, 0.25) is 0 Å². The molecule has 0 aromatic heterocycles. The van der Waals surface area contributed by atoms with Crippen LogP contribution in [0.1, 0.15) is 12.5 Å². The van der Waals surface area contributed by atoms with Crippen molar-refractivity contribution in [3.8, 4) is 5.75 Å². The molecule has 0 bridgehead atoms. The summed E-state index contributed by atoms with van der Waals surface area (Å²) in [7, 11) is -2.07. The Morgan fingerprint density at radius 3 is 2.43 bits per heavy atom. The van der Waals surface area contributed by atoms with E-state index in [-0.39, 0.29) is 17.3 Å². The van der Waals surface area contributed by atoms with Crippen LogP contribution in [0.5, 0.6) is 5.75 Å². The Labute approximate surface area is 135 Å². The van der Waals surface area contributed by atoms with Crippen molar-refractivity contribution in [3.63, 3.8) is 0 Å². The average molecular weight is 334 g/mol. The van der Waals surface area contributed by atoms with Crippen LogP contribution in [-0.2, 0) is 21.4 Å². The number of hydrogen-bond acceptors (Lipinski definition) is 4. The summed E-state index contributed by atoms with van der Waals surface area (Å²) < 4.78 is 32.2. The summed E-state index contributed by atoms with van der Waals surface area (Å²) in [6.07, 6.45) is 0. The van der Waals surface area contributed by atoms with Crippen molar-refractivity contribution >= 4 is 21.6 Å². The second-order valence-corrected chi connectivity index (χ2v) is 6.65. The summed E-state index contributed by atoms with van der Waals surface area (Å²) in [6.45, 7) is 1.55. The topological polar surface area (TPSA) is 84.5 Å². The number of nitrogens with one attached hydrogen (secondary N) is 2. The molecule has 0 unspecified atom stereocenters. The van der Waals surface area contributed by atoms with Gasteiger partial charge in [-0.3, -0.25) is 4.79 Å². The van der Waals surface area contributed by atoms with Crippen LogP contribution in [0.15, 0.2) is 53.4 Å². The van der Waals surface area contributed by atoms with Crippen molar-refractivity contribution in [3.05, 3.63) is 54.1 Å². The molecule has 0 saturated heterocycles. The maximum absolute atomic E-state index is 12.3. The molecule has 0 saturated carbocycles. The predicted molar refractivity (Wildman–Crippen MR) is 87.8 cm³/mol. The molecule has 6 nitrogen and oxygen atoms in total. The Kier molecular flexibility index (Phi) is 5.36. The summed E-state index contributed by atoms with van der Waals surface area (Å²) in [5, 5.41) is 2.59. The van der Waals surface area contributed by atoms with Crippen LogP contribution in [0.4, 0.5) is 5.69 Å². The SMILES string of the molecule is COc1cccc(CNS(=O)(=O)c2ccc(NC(C)=O)cc2)c1. The number of amides is 1. The molecule has 2 rings (SSSR count). The maximum Gasteiger partial charge on any atom is 0.240 e. The van der Waals surface area contributed by atoms with E-state index in [1.807, 2.05) is 6.07 Å². The van der Waals surface area contributed by atoms with E-state index in [2.05, 4.69) is 10.0 Å². The highest BCUT2D eigenvalue weighted by atomic mass is 32.2. The molecule has 2 N–H and O–H groups in total. The standard InChI is InChI=1S/C16H18N2O4S/c1-12(19)18-14-6-8-16(9-7-14)23(20,21)17-11-13-4-3-5-15(10-13)22-2/h3-10,17H,11H2,1-2H3,(H,18,19). The van der Waals surface area contributed by atoms with Gasteiger partial charge in [-0.05, 0) is 42.0 Å². The molecule has 0 fully saturated rings. The second kappa shape index (κ2) is 7.26. The van der Waals surface area contributed by atoms with Crippen molar-refractivity contribution in [1.82, 2.24) is 4.72 Å². The highest BCUT2D eigenvalue weighted by molar-refractivity contribution is 7.89. The van der Waals surface area contributed by atoms with Crippen LogP contribution in [0.25, 0.3) is 0 Å². The molecule has 7 heteroatoms. The minimum Gasteiger partial charge on any atom is -0.497 e. The summed E-state index contributed by atoms with van der Waals surface area (Å²) in [5.74, 6) is 0.457. The van der Waals surface area contributed by atoms with Gasteiger partial charge in [0.15, 0.2) is 0 Å². The Morgan fingerprint density at radius 2 is 1.83 bits per heavy atom. The molecule has 0 atom stereocenters. The Bertz CT molecular complexity index is 786. The number of sulfonamides is 1. The highest BCUT2D eigenvalue weighted by Crippen LogP contribution is 2.16. The van der Waals surface area contributed by atoms with Crippen LogP contribution in [0, 0.1) is 0 Å². The van der Waals surface area contributed by atoms with E-state index in [9.17, 15) is 13.2 Å². The first-order valence-corrected chi connectivity index (χ1v) is 8.39. The first kappa shape index (κ1) is 17.0. The third-order valence-electron chi connectivity index (χ3n) is 3.09. The van der Waals surface area contributed by atoms with Crippen molar-refractivity contribution in [2.45, 2.75) is 18.4 Å². The fourth-order valence-corrected chi connectivity index (χ4v) is 2.98. The van der Waals surface area contributed by atoms with Crippen LogP contribution < -0.4 is 14.8 Å². The van der Waals surface area contributed by atoms with Gasteiger partial charge in [0, 0.05) is 19.2 Å². The number of carbonyl (C=O) groups is 1. The smallest absolute Gasteiger partial charge is 0.240 e. The molecule has 0 radical (unpaired) electrons. The maximum atomic E-state index is 12.3. The normalized spacial score (nSPS) is 11.0. The summed E-state index contributed by atoms with van der Waals surface area (Å²) in [6, 6.07) is 13.1. The Balaban J connectivity index is 2.07. The number of methoxy groups -OCH3 is 1. The highest BCUT2D eigenvalue weighted by Gasteiger charge is 2.13.